The van der Waals surface area contributed by atoms with Crippen LogP contribution in [0.3, 0.4) is 0 Å². The molecule has 2 aromatic carbocycles. The maximum Gasteiger partial charge on any atom is 0.407 e. The average molecular weight is 628 g/mol. The molecule has 0 bridgehead atoms. The minimum atomic E-state index is -1.04. The zero-order valence-corrected chi connectivity index (χ0v) is 27.6. The summed E-state index contributed by atoms with van der Waals surface area (Å²) in [6.07, 6.45) is 1.64. The maximum absolute atomic E-state index is 14.4. The van der Waals surface area contributed by atoms with Crippen LogP contribution in [0.1, 0.15) is 71.4 Å². The molecule has 46 heavy (non-hydrogen) atoms. The molecule has 2 aliphatic heterocycles. The van der Waals surface area contributed by atoms with Gasteiger partial charge in [-0.1, -0.05) is 83.1 Å². The molecular formula is C36H45N5O5. The van der Waals surface area contributed by atoms with Crippen molar-refractivity contribution >= 4 is 29.5 Å². The van der Waals surface area contributed by atoms with Crippen LogP contribution >= 0.6 is 0 Å². The summed E-state index contributed by atoms with van der Waals surface area (Å²) < 4.78 is 5.66. The van der Waals surface area contributed by atoms with E-state index in [2.05, 4.69) is 16.7 Å². The van der Waals surface area contributed by atoms with Gasteiger partial charge in [0.25, 0.3) is 0 Å². The zero-order chi connectivity index (χ0) is 33.4. The fraction of sp³-hybridized carbons (Fsp3) is 0.528. The third kappa shape index (κ3) is 6.33. The summed E-state index contributed by atoms with van der Waals surface area (Å²) in [6, 6.07) is 16.8. The van der Waals surface area contributed by atoms with Gasteiger partial charge < -0.3 is 25.2 Å². The summed E-state index contributed by atoms with van der Waals surface area (Å²) in [5.74, 6) is -1.35. The van der Waals surface area contributed by atoms with Gasteiger partial charge in [-0.2, -0.15) is 5.26 Å². The molecule has 3 aliphatic rings. The lowest BCUT2D eigenvalue weighted by molar-refractivity contribution is -0.147. The molecule has 2 fully saturated rings. The molecule has 0 radical (unpaired) electrons. The Hall–Kier alpha value is -4.39. The number of alkyl carbamates (subject to hydrolysis) is 1. The number of carbonyl (C=O) groups excluding carboxylic acids is 4. The molecular weight excluding hydrogens is 582 g/mol. The van der Waals surface area contributed by atoms with Gasteiger partial charge in [0.2, 0.25) is 17.7 Å². The van der Waals surface area contributed by atoms with Crippen molar-refractivity contribution in [2.45, 2.75) is 89.3 Å². The number of fused-ring (bicyclic) bond motifs is 2. The molecule has 2 aromatic rings. The largest absolute Gasteiger partial charge is 0.449 e. The monoisotopic (exact) mass is 627 g/mol. The van der Waals surface area contributed by atoms with E-state index in [9.17, 15) is 24.4 Å². The van der Waals surface area contributed by atoms with E-state index in [4.69, 9.17) is 4.74 Å². The Kier molecular flexibility index (Phi) is 8.91. The molecule has 10 heteroatoms. The Morgan fingerprint density at radius 2 is 1.76 bits per heavy atom. The number of nitrogens with one attached hydrogen (secondary N) is 2. The molecule has 5 rings (SSSR count). The molecule has 10 nitrogen and oxygen atoms in total. The van der Waals surface area contributed by atoms with Gasteiger partial charge in [0.1, 0.15) is 24.7 Å². The van der Waals surface area contributed by atoms with Crippen molar-refractivity contribution < 1.29 is 23.9 Å². The van der Waals surface area contributed by atoms with Gasteiger partial charge in [0.15, 0.2) is 0 Å². The van der Waals surface area contributed by atoms with Crippen LogP contribution in [0.5, 0.6) is 0 Å². The van der Waals surface area contributed by atoms with E-state index in [-0.39, 0.29) is 42.2 Å². The molecule has 0 aromatic heterocycles. The highest BCUT2D eigenvalue weighted by atomic mass is 16.5. The van der Waals surface area contributed by atoms with Gasteiger partial charge in [0, 0.05) is 31.1 Å². The van der Waals surface area contributed by atoms with Crippen LogP contribution in [-0.4, -0.2) is 71.9 Å². The van der Waals surface area contributed by atoms with Crippen LogP contribution in [0.4, 0.5) is 10.5 Å². The second-order valence-electron chi connectivity index (χ2n) is 14.7. The Morgan fingerprint density at radius 3 is 2.37 bits per heavy atom. The molecule has 1 spiro atoms. The average Bonchev–Trinajstić information content (AvgIpc) is 3.64. The molecule has 1 aliphatic carbocycles. The standard InChI is InChI=1S/C36H45N5O5/c1-23(2)29(39-33(45)46-22-35(16-17-35)24-12-8-7-9-13-24)31(43)40(6)28(19-34(3,4)5)30(42)41-21-36(18-25(41)20-37)26-14-10-11-15-27(26)38-32(36)44/h7-15,23,25,28-29H,16-19,21-22H2,1-6H3,(H,38,44)(H,39,45)/t25-,28-,29-,36-/m0/s1. The highest BCUT2D eigenvalue weighted by molar-refractivity contribution is 6.07. The molecule has 2 heterocycles. The van der Waals surface area contributed by atoms with E-state index in [0.717, 1.165) is 24.0 Å². The van der Waals surface area contributed by atoms with Crippen LogP contribution < -0.4 is 10.6 Å². The minimum Gasteiger partial charge on any atom is -0.449 e. The van der Waals surface area contributed by atoms with Crippen molar-refractivity contribution in [1.82, 2.24) is 15.1 Å². The lowest BCUT2D eigenvalue weighted by Crippen LogP contribution is -2.58. The SMILES string of the molecule is CC(C)[C@H](NC(=O)OCC1(c2ccccc2)CC1)C(=O)N(C)[C@@H](CC(C)(C)C)C(=O)N1C[C@]2(C[C@H]1C#N)C(=O)Nc1ccccc12. The van der Waals surface area contributed by atoms with Crippen LogP contribution in [-0.2, 0) is 30.0 Å². The minimum absolute atomic E-state index is 0.0386. The third-order valence-electron chi connectivity index (χ3n) is 9.75. The Bertz CT molecular complexity index is 1540. The van der Waals surface area contributed by atoms with E-state index in [1.165, 1.54) is 9.80 Å². The molecule has 4 atom stereocenters. The van der Waals surface area contributed by atoms with Crippen molar-refractivity contribution in [2.75, 3.05) is 25.5 Å². The first-order valence-electron chi connectivity index (χ1n) is 16.1. The van der Waals surface area contributed by atoms with Crippen molar-refractivity contribution in [1.29, 1.82) is 5.26 Å². The zero-order valence-electron chi connectivity index (χ0n) is 27.6. The number of nitriles is 1. The number of amides is 4. The second-order valence-corrected chi connectivity index (χ2v) is 14.7. The van der Waals surface area contributed by atoms with Crippen molar-refractivity contribution in [2.24, 2.45) is 11.3 Å². The van der Waals surface area contributed by atoms with E-state index in [1.54, 1.807) is 7.05 Å². The number of nitrogens with zero attached hydrogens (tertiary/aromatic N) is 3. The first-order chi connectivity index (χ1) is 21.7. The normalized spacial score (nSPS) is 22.4. The molecule has 1 saturated carbocycles. The van der Waals surface area contributed by atoms with E-state index < -0.39 is 41.4 Å². The van der Waals surface area contributed by atoms with Crippen LogP contribution in [0.2, 0.25) is 0 Å². The van der Waals surface area contributed by atoms with Gasteiger partial charge in [0.05, 0.1) is 11.5 Å². The summed E-state index contributed by atoms with van der Waals surface area (Å²) in [6.45, 7) is 9.86. The molecule has 244 valence electrons. The van der Waals surface area contributed by atoms with Gasteiger partial charge in [-0.05, 0) is 47.8 Å². The number of para-hydroxylation sites is 1. The highest BCUT2D eigenvalue weighted by Crippen LogP contribution is 2.48. The van der Waals surface area contributed by atoms with Gasteiger partial charge in [-0.25, -0.2) is 4.79 Å². The fourth-order valence-electron chi connectivity index (χ4n) is 6.87. The summed E-state index contributed by atoms with van der Waals surface area (Å²) in [5, 5.41) is 15.8. The smallest absolute Gasteiger partial charge is 0.407 e. The number of carbonyl (C=O) groups is 4. The number of rotatable bonds is 9. The molecule has 2 N–H and O–H groups in total. The van der Waals surface area contributed by atoms with Crippen LogP contribution in [0, 0.1) is 22.7 Å². The lowest BCUT2D eigenvalue weighted by Gasteiger charge is -2.37. The number of hydrogen-bond donors (Lipinski definition) is 2. The molecule has 4 amide bonds. The van der Waals surface area contributed by atoms with Gasteiger partial charge >= 0.3 is 6.09 Å². The number of hydrogen-bond acceptors (Lipinski definition) is 6. The summed E-state index contributed by atoms with van der Waals surface area (Å²) in [4.78, 5) is 57.7. The Labute approximate surface area is 271 Å². The van der Waals surface area contributed by atoms with Gasteiger partial charge in [-0.15, -0.1) is 0 Å². The van der Waals surface area contributed by atoms with Crippen LogP contribution in [0.25, 0.3) is 0 Å². The van der Waals surface area contributed by atoms with Gasteiger partial charge in [-0.3, -0.25) is 14.4 Å². The van der Waals surface area contributed by atoms with Crippen molar-refractivity contribution in [3.63, 3.8) is 0 Å². The van der Waals surface area contributed by atoms with Crippen LogP contribution in [0.15, 0.2) is 54.6 Å². The Balaban J connectivity index is 1.33. The topological polar surface area (TPSA) is 132 Å². The number of ether oxygens (including phenoxy) is 1. The summed E-state index contributed by atoms with van der Waals surface area (Å²) in [5.41, 5.74) is 0.993. The quantitative estimate of drug-likeness (QED) is 0.413. The fourth-order valence-corrected chi connectivity index (χ4v) is 6.87. The lowest BCUT2D eigenvalue weighted by atomic mass is 9.80. The molecule has 0 unspecified atom stereocenters. The summed E-state index contributed by atoms with van der Waals surface area (Å²) in [7, 11) is 1.57. The summed E-state index contributed by atoms with van der Waals surface area (Å²) >= 11 is 0. The first-order valence-corrected chi connectivity index (χ1v) is 16.1. The number of likely N-dealkylation sites (tertiary alicyclic amines) is 1. The highest BCUT2D eigenvalue weighted by Gasteiger charge is 2.57. The predicted octanol–water partition coefficient (Wildman–Crippen LogP) is 4.75. The third-order valence-corrected chi connectivity index (χ3v) is 9.75. The Morgan fingerprint density at radius 1 is 1.11 bits per heavy atom. The predicted molar refractivity (Wildman–Crippen MR) is 174 cm³/mol. The van der Waals surface area contributed by atoms with E-state index >= 15 is 0 Å². The van der Waals surface area contributed by atoms with Crippen molar-refractivity contribution in [3.8, 4) is 6.07 Å². The number of anilines is 1. The van der Waals surface area contributed by atoms with Crippen molar-refractivity contribution in [3.05, 3.63) is 65.7 Å². The maximum atomic E-state index is 14.4. The van der Waals surface area contributed by atoms with E-state index in [1.807, 2.05) is 89.2 Å². The number of likely N-dealkylation sites (N-methyl/N-ethyl adjacent to an activating group) is 1. The first kappa shape index (κ1) is 33.0. The number of benzene rings is 2. The second kappa shape index (κ2) is 12.4. The van der Waals surface area contributed by atoms with E-state index in [0.29, 0.717) is 12.1 Å². The molecule has 1 saturated heterocycles.